The van der Waals surface area contributed by atoms with E-state index in [0.29, 0.717) is 5.69 Å². The summed E-state index contributed by atoms with van der Waals surface area (Å²) in [6, 6.07) is 8.58. The van der Waals surface area contributed by atoms with Crippen molar-refractivity contribution in [2.24, 2.45) is 0 Å². The lowest BCUT2D eigenvalue weighted by atomic mass is 10.3. The van der Waals surface area contributed by atoms with Crippen LogP contribution in [0, 0.1) is 5.82 Å². The molecule has 0 radical (unpaired) electrons. The average Bonchev–Trinajstić information content (AvgIpc) is 3.07. The molecule has 0 aliphatic heterocycles. The van der Waals surface area contributed by atoms with Gasteiger partial charge in [-0.05, 0) is 48.6 Å². The maximum absolute atomic E-state index is 12.8. The molecular formula is C14H13FN4O3S. The van der Waals surface area contributed by atoms with Gasteiger partial charge in [-0.15, -0.1) is 0 Å². The molecule has 1 aromatic carbocycles. The molecule has 0 aliphatic rings. The van der Waals surface area contributed by atoms with Crippen molar-refractivity contribution in [1.29, 1.82) is 0 Å². The number of hydrazine groups is 1. The molecule has 0 saturated heterocycles. The Morgan fingerprint density at radius 1 is 1.13 bits per heavy atom. The fourth-order valence-corrected chi connectivity index (χ4v) is 1.69. The summed E-state index contributed by atoms with van der Waals surface area (Å²) in [5.74, 6) is -1.26. The molecule has 0 aliphatic carbocycles. The predicted octanol–water partition coefficient (Wildman–Crippen LogP) is 1.17. The zero-order valence-electron chi connectivity index (χ0n) is 11.8. The van der Waals surface area contributed by atoms with Gasteiger partial charge < -0.3 is 15.1 Å². The van der Waals surface area contributed by atoms with E-state index in [4.69, 9.17) is 16.6 Å². The molecule has 120 valence electrons. The number of carbonyl (C=O) groups excluding carboxylic acids is 2. The predicted molar refractivity (Wildman–Crippen MR) is 84.9 cm³/mol. The molecule has 0 spiro atoms. The normalized spacial score (nSPS) is 9.78. The van der Waals surface area contributed by atoms with E-state index in [-0.39, 0.29) is 23.2 Å². The van der Waals surface area contributed by atoms with Gasteiger partial charge in [-0.25, -0.2) is 4.39 Å². The van der Waals surface area contributed by atoms with E-state index < -0.39 is 11.8 Å². The third-order valence-corrected chi connectivity index (χ3v) is 2.78. The van der Waals surface area contributed by atoms with Crippen LogP contribution in [-0.2, 0) is 4.79 Å². The Bertz CT molecular complexity index is 689. The molecule has 23 heavy (non-hydrogen) atoms. The van der Waals surface area contributed by atoms with Gasteiger partial charge in [0.15, 0.2) is 10.9 Å². The third kappa shape index (κ3) is 5.40. The first-order valence-electron chi connectivity index (χ1n) is 6.47. The Kier molecular flexibility index (Phi) is 5.64. The number of thiocarbonyl (C=S) groups is 1. The minimum atomic E-state index is -0.506. The lowest BCUT2D eigenvalue weighted by molar-refractivity contribution is -0.120. The van der Waals surface area contributed by atoms with Crippen molar-refractivity contribution >= 4 is 34.8 Å². The van der Waals surface area contributed by atoms with Gasteiger partial charge in [0, 0.05) is 5.69 Å². The highest BCUT2D eigenvalue weighted by atomic mass is 32.1. The van der Waals surface area contributed by atoms with Gasteiger partial charge in [0.05, 0.1) is 12.8 Å². The van der Waals surface area contributed by atoms with Crippen LogP contribution in [0.25, 0.3) is 0 Å². The van der Waals surface area contributed by atoms with Crippen molar-refractivity contribution in [3.8, 4) is 0 Å². The summed E-state index contributed by atoms with van der Waals surface area (Å²) in [4.78, 5) is 23.1. The Morgan fingerprint density at radius 2 is 1.87 bits per heavy atom. The SMILES string of the molecule is O=C(CNC(=O)c1ccco1)NNC(=S)Nc1ccc(F)cc1. The van der Waals surface area contributed by atoms with Crippen LogP contribution in [0.15, 0.2) is 47.1 Å². The van der Waals surface area contributed by atoms with Gasteiger partial charge >= 0.3 is 0 Å². The molecule has 2 amide bonds. The molecule has 1 heterocycles. The zero-order chi connectivity index (χ0) is 16.7. The average molecular weight is 336 g/mol. The molecule has 7 nitrogen and oxygen atoms in total. The van der Waals surface area contributed by atoms with Crippen molar-refractivity contribution < 1.29 is 18.4 Å². The first-order valence-corrected chi connectivity index (χ1v) is 6.88. The van der Waals surface area contributed by atoms with E-state index in [1.165, 1.54) is 36.6 Å². The van der Waals surface area contributed by atoms with E-state index in [0.717, 1.165) is 0 Å². The fourth-order valence-electron chi connectivity index (χ4n) is 1.52. The van der Waals surface area contributed by atoms with Crippen LogP contribution in [0.4, 0.5) is 10.1 Å². The Hall–Kier alpha value is -2.94. The monoisotopic (exact) mass is 336 g/mol. The zero-order valence-corrected chi connectivity index (χ0v) is 12.6. The Balaban J connectivity index is 1.68. The van der Waals surface area contributed by atoms with Crippen LogP contribution < -0.4 is 21.5 Å². The first-order chi connectivity index (χ1) is 11.0. The van der Waals surface area contributed by atoms with E-state index in [1.54, 1.807) is 6.07 Å². The largest absolute Gasteiger partial charge is 0.459 e. The van der Waals surface area contributed by atoms with Gasteiger partial charge in [-0.3, -0.25) is 20.4 Å². The van der Waals surface area contributed by atoms with Gasteiger partial charge in [-0.1, -0.05) is 0 Å². The summed E-state index contributed by atoms with van der Waals surface area (Å²) in [5, 5.41) is 5.24. The summed E-state index contributed by atoms with van der Waals surface area (Å²) in [7, 11) is 0. The van der Waals surface area contributed by atoms with E-state index in [9.17, 15) is 14.0 Å². The van der Waals surface area contributed by atoms with Crippen molar-refractivity contribution in [3.63, 3.8) is 0 Å². The molecule has 0 atom stereocenters. The summed E-state index contributed by atoms with van der Waals surface area (Å²) < 4.78 is 17.6. The van der Waals surface area contributed by atoms with Crippen LogP contribution in [-0.4, -0.2) is 23.5 Å². The quantitative estimate of drug-likeness (QED) is 0.494. The van der Waals surface area contributed by atoms with Gasteiger partial charge in [0.2, 0.25) is 0 Å². The Morgan fingerprint density at radius 3 is 2.52 bits per heavy atom. The number of benzene rings is 1. The molecule has 2 rings (SSSR count). The second-order valence-electron chi connectivity index (χ2n) is 4.29. The molecule has 0 unspecified atom stereocenters. The number of hydrogen-bond donors (Lipinski definition) is 4. The third-order valence-electron chi connectivity index (χ3n) is 2.57. The van der Waals surface area contributed by atoms with Crippen LogP contribution >= 0.6 is 12.2 Å². The molecule has 0 bridgehead atoms. The van der Waals surface area contributed by atoms with Crippen molar-refractivity contribution in [2.75, 3.05) is 11.9 Å². The van der Waals surface area contributed by atoms with E-state index in [2.05, 4.69) is 21.5 Å². The van der Waals surface area contributed by atoms with Crippen LogP contribution in [0.3, 0.4) is 0 Å². The van der Waals surface area contributed by atoms with Crippen LogP contribution in [0.1, 0.15) is 10.6 Å². The maximum atomic E-state index is 12.8. The fraction of sp³-hybridized carbons (Fsp3) is 0.0714. The second kappa shape index (κ2) is 7.90. The van der Waals surface area contributed by atoms with Gasteiger partial charge in [-0.2, -0.15) is 0 Å². The highest BCUT2D eigenvalue weighted by Crippen LogP contribution is 2.07. The van der Waals surface area contributed by atoms with Crippen molar-refractivity contribution in [1.82, 2.24) is 16.2 Å². The smallest absolute Gasteiger partial charge is 0.287 e. The number of furan rings is 1. The maximum Gasteiger partial charge on any atom is 0.287 e. The molecule has 4 N–H and O–H groups in total. The molecule has 0 fully saturated rings. The lowest BCUT2D eigenvalue weighted by Crippen LogP contribution is -2.47. The molecule has 0 saturated carbocycles. The second-order valence-corrected chi connectivity index (χ2v) is 4.70. The number of nitrogens with one attached hydrogen (secondary N) is 4. The minimum absolute atomic E-state index is 0.110. The van der Waals surface area contributed by atoms with Crippen LogP contribution in [0.5, 0.6) is 0 Å². The van der Waals surface area contributed by atoms with Crippen LogP contribution in [0.2, 0.25) is 0 Å². The molecular weight excluding hydrogens is 323 g/mol. The van der Waals surface area contributed by atoms with Crippen molar-refractivity contribution in [3.05, 3.63) is 54.2 Å². The molecule has 9 heteroatoms. The summed E-state index contributed by atoms with van der Waals surface area (Å²) in [6.07, 6.45) is 1.36. The number of rotatable bonds is 4. The summed E-state index contributed by atoms with van der Waals surface area (Å²) >= 11 is 4.95. The number of hydrogen-bond acceptors (Lipinski definition) is 4. The Labute approximate surface area is 136 Å². The molecule has 1 aromatic heterocycles. The number of halogens is 1. The van der Waals surface area contributed by atoms with Gasteiger partial charge in [0.1, 0.15) is 5.82 Å². The summed E-state index contributed by atoms with van der Waals surface area (Å²) in [5.41, 5.74) is 5.32. The highest BCUT2D eigenvalue weighted by molar-refractivity contribution is 7.80. The number of carbonyl (C=O) groups is 2. The van der Waals surface area contributed by atoms with E-state index >= 15 is 0 Å². The number of amides is 2. The van der Waals surface area contributed by atoms with Crippen molar-refractivity contribution in [2.45, 2.75) is 0 Å². The topological polar surface area (TPSA) is 95.4 Å². The summed E-state index contributed by atoms with van der Waals surface area (Å²) in [6.45, 7) is -0.258. The van der Waals surface area contributed by atoms with E-state index in [1.807, 2.05) is 0 Å². The molecule has 2 aromatic rings. The highest BCUT2D eigenvalue weighted by Gasteiger charge is 2.10. The minimum Gasteiger partial charge on any atom is -0.459 e. The lowest BCUT2D eigenvalue weighted by Gasteiger charge is -2.11. The number of anilines is 1. The van der Waals surface area contributed by atoms with Gasteiger partial charge in [0.25, 0.3) is 11.8 Å². The first kappa shape index (κ1) is 16.4. The standard InChI is InChI=1S/C14H13FN4O3S/c15-9-3-5-10(6-4-9)17-14(23)19-18-12(20)8-16-13(21)11-2-1-7-22-11/h1-7H,8H2,(H,16,21)(H,18,20)(H2,17,19,23).